The van der Waals surface area contributed by atoms with Crippen molar-refractivity contribution in [2.45, 2.75) is 51.6 Å². The maximum atomic E-state index is 13.0. The summed E-state index contributed by atoms with van der Waals surface area (Å²) in [6.45, 7) is 1.37. The highest BCUT2D eigenvalue weighted by Crippen LogP contribution is 2.40. The van der Waals surface area contributed by atoms with Gasteiger partial charge in [0.25, 0.3) is 0 Å². The highest BCUT2D eigenvalue weighted by atomic mass is 35.5. The summed E-state index contributed by atoms with van der Waals surface area (Å²) in [5.74, 6) is 0.272. The maximum Gasteiger partial charge on any atom is 0.417 e. The van der Waals surface area contributed by atoms with Gasteiger partial charge >= 0.3 is 6.18 Å². The number of halogens is 4. The molecular formula is C25H25ClF3NO3. The molecular weight excluding hydrogens is 455 g/mol. The summed E-state index contributed by atoms with van der Waals surface area (Å²) in [6, 6.07) is 9.80. The number of allylic oxidation sites excluding steroid dienone is 1. The lowest BCUT2D eigenvalue weighted by Gasteiger charge is -2.13. The van der Waals surface area contributed by atoms with E-state index in [0.29, 0.717) is 17.9 Å². The van der Waals surface area contributed by atoms with Crippen molar-refractivity contribution in [3.8, 4) is 11.5 Å². The molecule has 1 N–H and O–H groups in total. The van der Waals surface area contributed by atoms with Crippen molar-refractivity contribution in [3.63, 3.8) is 0 Å². The largest absolute Gasteiger partial charge is 0.456 e. The summed E-state index contributed by atoms with van der Waals surface area (Å²) in [7, 11) is 0. The minimum Gasteiger partial charge on any atom is -0.456 e. The molecule has 1 amide bonds. The van der Waals surface area contributed by atoms with Crippen LogP contribution in [-0.2, 0) is 15.8 Å². The van der Waals surface area contributed by atoms with E-state index in [2.05, 4.69) is 5.32 Å². The fraction of sp³-hybridized carbons (Fsp3) is 0.360. The lowest BCUT2D eigenvalue weighted by molar-refractivity contribution is -0.137. The summed E-state index contributed by atoms with van der Waals surface area (Å²) in [4.78, 5) is 24.3. The zero-order valence-corrected chi connectivity index (χ0v) is 18.9. The lowest BCUT2D eigenvalue weighted by Crippen LogP contribution is -2.26. The monoisotopic (exact) mass is 479 g/mol. The fourth-order valence-electron chi connectivity index (χ4n) is 3.81. The van der Waals surface area contributed by atoms with Gasteiger partial charge in [-0.15, -0.1) is 0 Å². The van der Waals surface area contributed by atoms with Gasteiger partial charge in [0.1, 0.15) is 11.5 Å². The third-order valence-corrected chi connectivity index (χ3v) is 5.99. The van der Waals surface area contributed by atoms with Gasteiger partial charge in [-0.2, -0.15) is 13.2 Å². The van der Waals surface area contributed by atoms with Gasteiger partial charge in [0.2, 0.25) is 5.91 Å². The number of alkyl halides is 3. The Morgan fingerprint density at radius 3 is 2.39 bits per heavy atom. The van der Waals surface area contributed by atoms with Gasteiger partial charge in [0.05, 0.1) is 16.3 Å². The van der Waals surface area contributed by atoms with Gasteiger partial charge in [0, 0.05) is 13.3 Å². The maximum absolute atomic E-state index is 13.0. The highest BCUT2D eigenvalue weighted by molar-refractivity contribution is 6.32. The van der Waals surface area contributed by atoms with Crippen molar-refractivity contribution < 1.29 is 27.5 Å². The second kappa shape index (κ2) is 10.9. The lowest BCUT2D eigenvalue weighted by atomic mass is 10.0. The predicted molar refractivity (Wildman–Crippen MR) is 121 cm³/mol. The average Bonchev–Trinajstić information content (AvgIpc) is 3.27. The van der Waals surface area contributed by atoms with Gasteiger partial charge in [-0.25, -0.2) is 0 Å². The molecule has 0 atom stereocenters. The molecule has 0 aliphatic heterocycles. The molecule has 2 aromatic rings. The van der Waals surface area contributed by atoms with Crippen molar-refractivity contribution in [2.75, 3.05) is 0 Å². The summed E-state index contributed by atoms with van der Waals surface area (Å²) < 4.78 is 44.6. The van der Waals surface area contributed by atoms with Crippen molar-refractivity contribution in [1.82, 2.24) is 5.32 Å². The van der Waals surface area contributed by atoms with Crippen LogP contribution in [0.2, 0.25) is 5.02 Å². The standard InChI is InChI=1S/C25H25ClF3NO3/c1-16(31)21(30-23(32)14-11-17-5-2-3-6-17)15-18-9-12-19(13-10-18)33-22-8-4-7-20(24(22)26)25(27,28)29/h4,7-10,12-13,15,17H,2-3,5-6,11,14H2,1H3,(H,30,32)/b21-15-. The first kappa shape index (κ1) is 24.8. The molecule has 1 fully saturated rings. The number of amides is 1. The number of nitrogens with one attached hydrogen (secondary N) is 1. The molecule has 0 heterocycles. The molecule has 3 rings (SSSR count). The van der Waals surface area contributed by atoms with E-state index in [1.54, 1.807) is 30.3 Å². The number of hydrogen-bond acceptors (Lipinski definition) is 3. The van der Waals surface area contributed by atoms with Crippen molar-refractivity contribution >= 4 is 29.4 Å². The first-order valence-electron chi connectivity index (χ1n) is 10.8. The molecule has 0 spiro atoms. The number of Topliss-reactive ketones (excluding diaryl/α,β-unsaturated/α-hetero) is 1. The van der Waals surface area contributed by atoms with Crippen LogP contribution in [0.1, 0.15) is 56.6 Å². The van der Waals surface area contributed by atoms with Crippen molar-refractivity contribution in [2.24, 2.45) is 5.92 Å². The Hall–Kier alpha value is -2.80. The first-order chi connectivity index (χ1) is 15.6. The molecule has 0 saturated heterocycles. The van der Waals surface area contributed by atoms with E-state index in [1.807, 2.05) is 0 Å². The van der Waals surface area contributed by atoms with E-state index >= 15 is 0 Å². The van der Waals surface area contributed by atoms with Crippen LogP contribution in [-0.4, -0.2) is 11.7 Å². The average molecular weight is 480 g/mol. The Kier molecular flexibility index (Phi) is 8.19. The minimum absolute atomic E-state index is 0.117. The first-order valence-corrected chi connectivity index (χ1v) is 11.2. The number of benzene rings is 2. The number of rotatable bonds is 8. The molecule has 8 heteroatoms. The molecule has 1 aliphatic rings. The molecule has 0 unspecified atom stereocenters. The van der Waals surface area contributed by atoms with E-state index in [9.17, 15) is 22.8 Å². The number of ether oxygens (including phenoxy) is 1. The summed E-state index contributed by atoms with van der Waals surface area (Å²) in [5.41, 5.74) is -0.171. The topological polar surface area (TPSA) is 55.4 Å². The second-order valence-electron chi connectivity index (χ2n) is 8.14. The zero-order chi connectivity index (χ0) is 24.0. The zero-order valence-electron chi connectivity index (χ0n) is 18.2. The van der Waals surface area contributed by atoms with Crippen LogP contribution in [0.4, 0.5) is 13.2 Å². The summed E-state index contributed by atoms with van der Waals surface area (Å²) in [6.07, 6.45) is 2.90. The van der Waals surface area contributed by atoms with E-state index < -0.39 is 16.8 Å². The number of carbonyl (C=O) groups is 2. The normalized spacial score (nSPS) is 14.9. The second-order valence-corrected chi connectivity index (χ2v) is 8.52. The van der Waals surface area contributed by atoms with Crippen molar-refractivity contribution in [1.29, 1.82) is 0 Å². The third-order valence-electron chi connectivity index (χ3n) is 5.60. The molecule has 4 nitrogen and oxygen atoms in total. The van der Waals surface area contributed by atoms with E-state index in [1.165, 1.54) is 31.9 Å². The van der Waals surface area contributed by atoms with Crippen LogP contribution < -0.4 is 10.1 Å². The summed E-state index contributed by atoms with van der Waals surface area (Å²) in [5, 5.41) is 2.17. The number of hydrogen-bond donors (Lipinski definition) is 1. The molecule has 0 bridgehead atoms. The molecule has 0 aromatic heterocycles. The quantitative estimate of drug-likeness (QED) is 0.408. The Balaban J connectivity index is 1.66. The smallest absolute Gasteiger partial charge is 0.417 e. The third kappa shape index (κ3) is 7.09. The van der Waals surface area contributed by atoms with Gasteiger partial charge in [-0.3, -0.25) is 9.59 Å². The molecule has 33 heavy (non-hydrogen) atoms. The number of ketones is 1. The van der Waals surface area contributed by atoms with Gasteiger partial charge in [-0.1, -0.05) is 55.5 Å². The van der Waals surface area contributed by atoms with Crippen LogP contribution in [0.5, 0.6) is 11.5 Å². The van der Waals surface area contributed by atoms with Crippen LogP contribution >= 0.6 is 11.6 Å². The van der Waals surface area contributed by atoms with E-state index in [4.69, 9.17) is 16.3 Å². The molecule has 1 aliphatic carbocycles. The molecule has 176 valence electrons. The summed E-state index contributed by atoms with van der Waals surface area (Å²) >= 11 is 5.86. The van der Waals surface area contributed by atoms with Crippen molar-refractivity contribution in [3.05, 3.63) is 64.3 Å². The van der Waals surface area contributed by atoms with Gasteiger partial charge in [0.15, 0.2) is 5.78 Å². The SMILES string of the molecule is CC(=O)/C(=C/c1ccc(Oc2cccc(C(F)(F)F)c2Cl)cc1)NC(=O)CCC1CCCC1. The molecule has 0 radical (unpaired) electrons. The van der Waals surface area contributed by atoms with Gasteiger partial charge < -0.3 is 10.1 Å². The van der Waals surface area contributed by atoms with E-state index in [-0.39, 0.29) is 28.9 Å². The Labute approximate surface area is 195 Å². The highest BCUT2D eigenvalue weighted by Gasteiger charge is 2.34. The molecule has 2 aromatic carbocycles. The fourth-order valence-corrected chi connectivity index (χ4v) is 4.08. The Bertz CT molecular complexity index is 1030. The Morgan fingerprint density at radius 1 is 1.12 bits per heavy atom. The minimum atomic E-state index is -4.59. The van der Waals surface area contributed by atoms with Gasteiger partial charge in [-0.05, 0) is 48.2 Å². The Morgan fingerprint density at radius 2 is 1.79 bits per heavy atom. The van der Waals surface area contributed by atoms with Crippen LogP contribution in [0, 0.1) is 5.92 Å². The van der Waals surface area contributed by atoms with E-state index in [0.717, 1.165) is 25.3 Å². The predicted octanol–water partition coefficient (Wildman–Crippen LogP) is 7.17. The van der Waals surface area contributed by atoms with Crippen LogP contribution in [0.25, 0.3) is 6.08 Å². The van der Waals surface area contributed by atoms with Crippen LogP contribution in [0.3, 0.4) is 0 Å². The van der Waals surface area contributed by atoms with Crippen LogP contribution in [0.15, 0.2) is 48.2 Å². The molecule has 1 saturated carbocycles. The number of carbonyl (C=O) groups excluding carboxylic acids is 2.